The van der Waals surface area contributed by atoms with Crippen LogP contribution >= 0.6 is 11.3 Å². The minimum absolute atomic E-state index is 0.0491. The molecular formula is C30H38N4O2S. The molecule has 1 aromatic carbocycles. The second-order valence-electron chi connectivity index (χ2n) is 10.5. The summed E-state index contributed by atoms with van der Waals surface area (Å²) in [5, 5.41) is 4.96. The number of aromatic nitrogens is 1. The first-order valence-electron chi connectivity index (χ1n) is 13.6. The zero-order chi connectivity index (χ0) is 25.9. The van der Waals surface area contributed by atoms with Gasteiger partial charge in [-0.2, -0.15) is 0 Å². The van der Waals surface area contributed by atoms with E-state index in [0.717, 1.165) is 36.3 Å². The highest BCUT2D eigenvalue weighted by Gasteiger charge is 2.31. The van der Waals surface area contributed by atoms with Crippen LogP contribution in [0, 0.1) is 13.8 Å². The maximum atomic E-state index is 13.4. The van der Waals surface area contributed by atoms with Crippen LogP contribution in [0.3, 0.4) is 0 Å². The Balaban J connectivity index is 1.22. The van der Waals surface area contributed by atoms with E-state index in [1.165, 1.54) is 41.1 Å². The first kappa shape index (κ1) is 25.7. The second-order valence-corrected chi connectivity index (χ2v) is 11.6. The molecule has 2 aromatic heterocycles. The van der Waals surface area contributed by atoms with Crippen LogP contribution in [0.25, 0.3) is 0 Å². The van der Waals surface area contributed by atoms with Gasteiger partial charge in [-0.15, -0.1) is 11.3 Å². The molecule has 0 radical (unpaired) electrons. The molecule has 0 bridgehead atoms. The molecular weight excluding hydrogens is 480 g/mol. The molecule has 0 unspecified atom stereocenters. The molecule has 37 heavy (non-hydrogen) atoms. The van der Waals surface area contributed by atoms with Crippen LogP contribution in [-0.2, 0) is 19.5 Å². The summed E-state index contributed by atoms with van der Waals surface area (Å²) in [6, 6.07) is 15.8. The Morgan fingerprint density at radius 3 is 2.54 bits per heavy atom. The normalized spacial score (nSPS) is 19.6. The Kier molecular flexibility index (Phi) is 7.81. The van der Waals surface area contributed by atoms with Crippen LogP contribution in [0.2, 0.25) is 0 Å². The van der Waals surface area contributed by atoms with Gasteiger partial charge in [0.1, 0.15) is 0 Å². The molecule has 0 atom stereocenters. The van der Waals surface area contributed by atoms with Gasteiger partial charge >= 0.3 is 0 Å². The molecule has 5 rings (SSSR count). The third-order valence-electron chi connectivity index (χ3n) is 7.96. The summed E-state index contributed by atoms with van der Waals surface area (Å²) in [7, 11) is 0. The number of nitrogens with zero attached hydrogens (tertiary/aromatic N) is 2. The molecule has 1 aliphatic carbocycles. The van der Waals surface area contributed by atoms with E-state index in [2.05, 4.69) is 58.5 Å². The van der Waals surface area contributed by atoms with Gasteiger partial charge in [0.2, 0.25) is 0 Å². The number of nitrogens with one attached hydrogen (secondary N) is 2. The predicted molar refractivity (Wildman–Crippen MR) is 152 cm³/mol. The van der Waals surface area contributed by atoms with Gasteiger partial charge in [-0.1, -0.05) is 30.3 Å². The number of carbonyl (C=O) groups excluding carboxylic acids is 1. The number of hydrogen-bond acceptors (Lipinski definition) is 5. The van der Waals surface area contributed by atoms with Crippen molar-refractivity contribution in [2.24, 2.45) is 0 Å². The number of pyridine rings is 1. The SMILES string of the molecule is CCN(c1cc2c(s1)CCN(Cc1c(C)cc(C)[nH]c1=O)C2=O)C1CCC(NCc2ccccc2)CC1. The summed E-state index contributed by atoms with van der Waals surface area (Å²) < 4.78 is 0. The largest absolute Gasteiger partial charge is 0.361 e. The zero-order valence-corrected chi connectivity index (χ0v) is 23.0. The Bertz CT molecular complexity index is 1290. The maximum absolute atomic E-state index is 13.4. The van der Waals surface area contributed by atoms with Crippen molar-refractivity contribution in [3.05, 3.63) is 85.6 Å². The Morgan fingerprint density at radius 1 is 1.08 bits per heavy atom. The predicted octanol–water partition coefficient (Wildman–Crippen LogP) is 5.18. The lowest BCUT2D eigenvalue weighted by atomic mass is 9.90. The number of anilines is 1. The molecule has 3 aromatic rings. The van der Waals surface area contributed by atoms with Crippen LogP contribution in [-0.4, -0.2) is 41.0 Å². The van der Waals surface area contributed by atoms with E-state index in [9.17, 15) is 9.59 Å². The molecule has 2 N–H and O–H groups in total. The number of carbonyl (C=O) groups is 1. The summed E-state index contributed by atoms with van der Waals surface area (Å²) in [4.78, 5) is 34.4. The first-order valence-corrected chi connectivity index (χ1v) is 14.4. The Labute approximate surface area is 223 Å². The molecule has 1 fully saturated rings. The van der Waals surface area contributed by atoms with E-state index >= 15 is 0 Å². The van der Waals surface area contributed by atoms with Gasteiger partial charge in [0.05, 0.1) is 17.1 Å². The molecule has 7 heteroatoms. The van der Waals surface area contributed by atoms with Crippen molar-refractivity contribution in [2.45, 2.75) is 78.0 Å². The highest BCUT2D eigenvalue weighted by molar-refractivity contribution is 7.16. The summed E-state index contributed by atoms with van der Waals surface area (Å²) >= 11 is 1.79. The van der Waals surface area contributed by atoms with Crippen LogP contribution in [0.15, 0.2) is 47.3 Å². The fourth-order valence-corrected chi connectivity index (χ4v) is 7.17. The minimum atomic E-state index is -0.0897. The quantitative estimate of drug-likeness (QED) is 0.431. The molecule has 196 valence electrons. The van der Waals surface area contributed by atoms with E-state index in [0.29, 0.717) is 30.7 Å². The van der Waals surface area contributed by atoms with Crippen LogP contribution in [0.1, 0.15) is 70.2 Å². The van der Waals surface area contributed by atoms with E-state index in [4.69, 9.17) is 0 Å². The molecule has 2 aliphatic rings. The topological polar surface area (TPSA) is 68.4 Å². The second kappa shape index (κ2) is 11.2. The number of benzene rings is 1. The number of amides is 1. The van der Waals surface area contributed by atoms with Crippen molar-refractivity contribution >= 4 is 22.2 Å². The Morgan fingerprint density at radius 2 is 1.84 bits per heavy atom. The van der Waals surface area contributed by atoms with Crippen LogP contribution in [0.5, 0.6) is 0 Å². The number of thiophene rings is 1. The van der Waals surface area contributed by atoms with Gasteiger partial charge in [0, 0.05) is 54.3 Å². The summed E-state index contributed by atoms with van der Waals surface area (Å²) in [5.74, 6) is 0.0491. The van der Waals surface area contributed by atoms with Gasteiger partial charge < -0.3 is 20.1 Å². The summed E-state index contributed by atoms with van der Waals surface area (Å²) in [6.45, 7) is 8.95. The third-order valence-corrected chi connectivity index (χ3v) is 9.20. The standard InChI is InChI=1S/C30H38N4O2S/c1-4-34(24-12-10-23(11-13-24)31-18-22-8-6-5-7-9-22)28-17-25-27(37-28)14-15-33(30(25)36)19-26-20(2)16-21(3)32-29(26)35/h5-9,16-17,23-24,31H,4,10-15,18-19H2,1-3H3,(H,32,35). The molecule has 1 saturated carbocycles. The molecule has 0 spiro atoms. The first-order chi connectivity index (χ1) is 17.9. The lowest BCUT2D eigenvalue weighted by Crippen LogP contribution is -2.42. The van der Waals surface area contributed by atoms with E-state index in [-0.39, 0.29) is 11.5 Å². The number of aryl methyl sites for hydroxylation is 2. The maximum Gasteiger partial charge on any atom is 0.255 e. The van der Waals surface area contributed by atoms with Crippen LogP contribution < -0.4 is 15.8 Å². The molecule has 1 aliphatic heterocycles. The van der Waals surface area contributed by atoms with Gasteiger partial charge in [-0.05, 0) is 69.7 Å². The van der Waals surface area contributed by atoms with Crippen molar-refractivity contribution in [2.75, 3.05) is 18.0 Å². The smallest absolute Gasteiger partial charge is 0.255 e. The van der Waals surface area contributed by atoms with Crippen molar-refractivity contribution in [3.8, 4) is 0 Å². The monoisotopic (exact) mass is 518 g/mol. The van der Waals surface area contributed by atoms with Crippen molar-refractivity contribution in [1.29, 1.82) is 0 Å². The lowest BCUT2D eigenvalue weighted by Gasteiger charge is -2.37. The third kappa shape index (κ3) is 5.68. The summed E-state index contributed by atoms with van der Waals surface area (Å²) in [5.41, 5.74) is 4.55. The minimum Gasteiger partial charge on any atom is -0.361 e. The molecule has 0 saturated heterocycles. The number of rotatable bonds is 8. The highest BCUT2D eigenvalue weighted by Crippen LogP contribution is 2.37. The van der Waals surface area contributed by atoms with Gasteiger partial charge in [0.15, 0.2) is 0 Å². The number of H-pyrrole nitrogens is 1. The van der Waals surface area contributed by atoms with Crippen LogP contribution in [0.4, 0.5) is 5.00 Å². The number of fused-ring (bicyclic) bond motifs is 1. The fraction of sp³-hybridized carbons (Fsp3) is 0.467. The van der Waals surface area contributed by atoms with E-state index in [1.807, 2.05) is 24.8 Å². The number of aromatic amines is 1. The van der Waals surface area contributed by atoms with E-state index in [1.54, 1.807) is 11.3 Å². The molecule has 1 amide bonds. The van der Waals surface area contributed by atoms with Crippen molar-refractivity contribution < 1.29 is 4.79 Å². The molecule has 3 heterocycles. The molecule has 6 nitrogen and oxygen atoms in total. The van der Waals surface area contributed by atoms with E-state index < -0.39 is 0 Å². The van der Waals surface area contributed by atoms with Crippen molar-refractivity contribution in [1.82, 2.24) is 15.2 Å². The average Bonchev–Trinajstić information content (AvgIpc) is 3.33. The highest BCUT2D eigenvalue weighted by atomic mass is 32.1. The van der Waals surface area contributed by atoms with Gasteiger partial charge in [-0.25, -0.2) is 0 Å². The average molecular weight is 519 g/mol. The Hall–Kier alpha value is -2.90. The van der Waals surface area contributed by atoms with Gasteiger partial charge in [0.25, 0.3) is 11.5 Å². The van der Waals surface area contributed by atoms with Gasteiger partial charge in [-0.3, -0.25) is 9.59 Å². The zero-order valence-electron chi connectivity index (χ0n) is 22.2. The van der Waals surface area contributed by atoms with Crippen molar-refractivity contribution in [3.63, 3.8) is 0 Å². The lowest BCUT2D eigenvalue weighted by molar-refractivity contribution is 0.0728. The number of hydrogen-bond donors (Lipinski definition) is 2. The fourth-order valence-electron chi connectivity index (χ4n) is 5.89. The summed E-state index contributed by atoms with van der Waals surface area (Å²) in [6.07, 6.45) is 5.53.